The van der Waals surface area contributed by atoms with Gasteiger partial charge in [0, 0.05) is 23.7 Å². The summed E-state index contributed by atoms with van der Waals surface area (Å²) in [4.78, 5) is 11.7. The standard InChI is InChI=1S/C18H27ClN2O2/c1-12(21-17(22)23-18(2,3)4)11-20-14-9-13(10-14)15-7-5-6-8-16(15)19/h5-8,12-14,20H,9-11H2,1-4H3,(H,21,22). The number of rotatable bonds is 5. The number of ether oxygens (including phenoxy) is 1. The molecule has 1 saturated carbocycles. The quantitative estimate of drug-likeness (QED) is 0.850. The number of carbonyl (C=O) groups excluding carboxylic acids is 1. The van der Waals surface area contributed by atoms with E-state index in [0.717, 1.165) is 24.4 Å². The molecule has 2 N–H and O–H groups in total. The first-order valence-electron chi connectivity index (χ1n) is 8.22. The lowest BCUT2D eigenvalue weighted by Gasteiger charge is -2.37. The highest BCUT2D eigenvalue weighted by atomic mass is 35.5. The van der Waals surface area contributed by atoms with Gasteiger partial charge in [-0.1, -0.05) is 29.8 Å². The van der Waals surface area contributed by atoms with E-state index in [1.807, 2.05) is 45.9 Å². The van der Waals surface area contributed by atoms with Gasteiger partial charge in [0.2, 0.25) is 0 Å². The number of carbonyl (C=O) groups is 1. The van der Waals surface area contributed by atoms with E-state index >= 15 is 0 Å². The van der Waals surface area contributed by atoms with E-state index in [1.165, 1.54) is 5.56 Å². The molecule has 1 atom stereocenters. The predicted molar refractivity (Wildman–Crippen MR) is 94.0 cm³/mol. The van der Waals surface area contributed by atoms with Crippen LogP contribution in [0.5, 0.6) is 0 Å². The van der Waals surface area contributed by atoms with E-state index in [9.17, 15) is 4.79 Å². The van der Waals surface area contributed by atoms with E-state index in [4.69, 9.17) is 16.3 Å². The number of amides is 1. The lowest BCUT2D eigenvalue weighted by molar-refractivity contribution is 0.0506. The largest absolute Gasteiger partial charge is 0.444 e. The fourth-order valence-electron chi connectivity index (χ4n) is 2.75. The van der Waals surface area contributed by atoms with Gasteiger partial charge in [-0.3, -0.25) is 0 Å². The average Bonchev–Trinajstić information content (AvgIpc) is 2.36. The second-order valence-electron chi connectivity index (χ2n) is 7.34. The third kappa shape index (κ3) is 5.70. The molecule has 1 aliphatic carbocycles. The zero-order chi connectivity index (χ0) is 17.0. The van der Waals surface area contributed by atoms with Gasteiger partial charge in [-0.2, -0.15) is 0 Å². The summed E-state index contributed by atoms with van der Waals surface area (Å²) in [7, 11) is 0. The molecular formula is C18H27ClN2O2. The molecule has 128 valence electrons. The normalized spacial score (nSPS) is 22.1. The Hall–Kier alpha value is -1.26. The molecule has 0 aromatic heterocycles. The molecule has 1 aromatic carbocycles. The molecule has 1 fully saturated rings. The van der Waals surface area contributed by atoms with Gasteiger partial charge in [-0.25, -0.2) is 4.79 Å². The smallest absolute Gasteiger partial charge is 0.407 e. The molecule has 0 radical (unpaired) electrons. The van der Waals surface area contributed by atoms with Crippen LogP contribution in [0.2, 0.25) is 5.02 Å². The van der Waals surface area contributed by atoms with Crippen LogP contribution in [0.4, 0.5) is 4.79 Å². The van der Waals surface area contributed by atoms with Crippen LogP contribution in [0.1, 0.15) is 52.0 Å². The maximum absolute atomic E-state index is 11.7. The van der Waals surface area contributed by atoms with Gasteiger partial charge < -0.3 is 15.4 Å². The molecule has 0 aliphatic heterocycles. The van der Waals surface area contributed by atoms with Crippen LogP contribution in [-0.4, -0.2) is 30.3 Å². The second kappa shape index (κ2) is 7.54. The summed E-state index contributed by atoms with van der Waals surface area (Å²) in [5, 5.41) is 7.20. The van der Waals surface area contributed by atoms with Crippen molar-refractivity contribution in [2.45, 2.75) is 64.1 Å². The Balaban J connectivity index is 1.66. The summed E-state index contributed by atoms with van der Waals surface area (Å²) < 4.78 is 5.25. The molecular weight excluding hydrogens is 312 g/mol. The first-order valence-corrected chi connectivity index (χ1v) is 8.59. The van der Waals surface area contributed by atoms with Crippen LogP contribution < -0.4 is 10.6 Å². The third-order valence-electron chi connectivity index (χ3n) is 3.96. The van der Waals surface area contributed by atoms with Gasteiger partial charge in [0.05, 0.1) is 0 Å². The van der Waals surface area contributed by atoms with Crippen molar-refractivity contribution in [2.75, 3.05) is 6.54 Å². The summed E-state index contributed by atoms with van der Waals surface area (Å²) >= 11 is 6.24. The SMILES string of the molecule is CC(CNC1CC(c2ccccc2Cl)C1)NC(=O)OC(C)(C)C. The molecule has 1 amide bonds. The minimum atomic E-state index is -0.465. The Labute approximate surface area is 143 Å². The van der Waals surface area contributed by atoms with Gasteiger partial charge in [0.15, 0.2) is 0 Å². The van der Waals surface area contributed by atoms with Gasteiger partial charge in [-0.15, -0.1) is 0 Å². The molecule has 23 heavy (non-hydrogen) atoms. The van der Waals surface area contributed by atoms with Crippen molar-refractivity contribution < 1.29 is 9.53 Å². The number of alkyl carbamates (subject to hydrolysis) is 1. The summed E-state index contributed by atoms with van der Waals surface area (Å²) in [5.74, 6) is 0.537. The highest BCUT2D eigenvalue weighted by Gasteiger charge is 2.31. The van der Waals surface area contributed by atoms with Crippen LogP contribution >= 0.6 is 11.6 Å². The number of benzene rings is 1. The lowest BCUT2D eigenvalue weighted by Crippen LogP contribution is -2.48. The first kappa shape index (κ1) is 18.1. The molecule has 0 spiro atoms. The van der Waals surface area contributed by atoms with Crippen LogP contribution in [0.25, 0.3) is 0 Å². The fraction of sp³-hybridized carbons (Fsp3) is 0.611. The Kier molecular flexibility index (Phi) is 5.93. The van der Waals surface area contributed by atoms with Gasteiger partial charge in [-0.05, 0) is 58.1 Å². The minimum absolute atomic E-state index is 0.0317. The van der Waals surface area contributed by atoms with Crippen molar-refractivity contribution in [3.05, 3.63) is 34.9 Å². The van der Waals surface area contributed by atoms with Crippen LogP contribution in [-0.2, 0) is 4.74 Å². The van der Waals surface area contributed by atoms with Gasteiger partial charge in [0.1, 0.15) is 5.60 Å². The molecule has 0 saturated heterocycles. The Morgan fingerprint density at radius 2 is 2.00 bits per heavy atom. The van der Waals surface area contributed by atoms with E-state index in [2.05, 4.69) is 16.7 Å². The predicted octanol–water partition coefficient (Wildman–Crippen LogP) is 4.09. The third-order valence-corrected chi connectivity index (χ3v) is 4.30. The van der Waals surface area contributed by atoms with E-state index in [1.54, 1.807) is 0 Å². The summed E-state index contributed by atoms with van der Waals surface area (Å²) in [5.41, 5.74) is 0.778. The fourth-order valence-corrected chi connectivity index (χ4v) is 3.04. The molecule has 2 rings (SSSR count). The van der Waals surface area contributed by atoms with Crippen molar-refractivity contribution >= 4 is 17.7 Å². The van der Waals surface area contributed by atoms with Crippen LogP contribution in [0.15, 0.2) is 24.3 Å². The number of nitrogens with one attached hydrogen (secondary N) is 2. The number of halogens is 1. The van der Waals surface area contributed by atoms with Gasteiger partial charge in [0.25, 0.3) is 0 Å². The first-order chi connectivity index (χ1) is 10.7. The summed E-state index contributed by atoms with van der Waals surface area (Å²) in [6.07, 6.45) is 1.81. The maximum atomic E-state index is 11.7. The number of hydrogen-bond acceptors (Lipinski definition) is 3. The van der Waals surface area contributed by atoms with Crippen molar-refractivity contribution in [3.63, 3.8) is 0 Å². The Bertz CT molecular complexity index is 536. The zero-order valence-electron chi connectivity index (χ0n) is 14.4. The monoisotopic (exact) mass is 338 g/mol. The highest BCUT2D eigenvalue weighted by Crippen LogP contribution is 2.39. The average molecular weight is 339 g/mol. The summed E-state index contributed by atoms with van der Waals surface area (Å²) in [6, 6.07) is 8.57. The topological polar surface area (TPSA) is 50.4 Å². The van der Waals surface area contributed by atoms with Crippen molar-refractivity contribution in [1.82, 2.24) is 10.6 Å². The van der Waals surface area contributed by atoms with E-state index < -0.39 is 5.60 Å². The molecule has 4 nitrogen and oxygen atoms in total. The van der Waals surface area contributed by atoms with E-state index in [-0.39, 0.29) is 12.1 Å². The van der Waals surface area contributed by atoms with E-state index in [0.29, 0.717) is 12.0 Å². The van der Waals surface area contributed by atoms with Crippen LogP contribution in [0, 0.1) is 0 Å². The molecule has 0 bridgehead atoms. The minimum Gasteiger partial charge on any atom is -0.444 e. The lowest BCUT2D eigenvalue weighted by atomic mass is 9.76. The Morgan fingerprint density at radius 3 is 2.61 bits per heavy atom. The highest BCUT2D eigenvalue weighted by molar-refractivity contribution is 6.31. The number of hydrogen-bond donors (Lipinski definition) is 2. The zero-order valence-corrected chi connectivity index (χ0v) is 15.1. The van der Waals surface area contributed by atoms with Crippen LogP contribution in [0.3, 0.4) is 0 Å². The van der Waals surface area contributed by atoms with Crippen molar-refractivity contribution in [3.8, 4) is 0 Å². The van der Waals surface area contributed by atoms with Crippen molar-refractivity contribution in [1.29, 1.82) is 0 Å². The maximum Gasteiger partial charge on any atom is 0.407 e. The molecule has 1 aliphatic rings. The molecule has 1 unspecified atom stereocenters. The molecule has 5 heteroatoms. The van der Waals surface area contributed by atoms with Gasteiger partial charge >= 0.3 is 6.09 Å². The summed E-state index contributed by atoms with van der Waals surface area (Å²) in [6.45, 7) is 8.29. The van der Waals surface area contributed by atoms with Crippen molar-refractivity contribution in [2.24, 2.45) is 0 Å². The Morgan fingerprint density at radius 1 is 1.35 bits per heavy atom. The second-order valence-corrected chi connectivity index (χ2v) is 7.75. The molecule has 1 aromatic rings. The molecule has 0 heterocycles.